The predicted octanol–water partition coefficient (Wildman–Crippen LogP) is 2.17. The fourth-order valence-corrected chi connectivity index (χ4v) is 2.15. The molecule has 0 bridgehead atoms. The summed E-state index contributed by atoms with van der Waals surface area (Å²) in [6.07, 6.45) is 0. The second kappa shape index (κ2) is 6.17. The summed E-state index contributed by atoms with van der Waals surface area (Å²) in [5.74, 6) is -0.917. The summed E-state index contributed by atoms with van der Waals surface area (Å²) in [4.78, 5) is 23.1. The molecule has 6 heteroatoms. The lowest BCUT2D eigenvalue weighted by Gasteiger charge is -2.12. The Morgan fingerprint density at radius 3 is 1.77 bits per heavy atom. The standard InChI is InChI=1S/C16H15NO5/c1-21-9-3-5-11(13(7-9)15(17)18)12-6-4-10(22-2)8-14(12)16(19)20/h3-8H,1-2H3,(H2,17,18)(H,19,20). The first kappa shape index (κ1) is 15.4. The van der Waals surface area contributed by atoms with E-state index in [1.807, 2.05) is 0 Å². The molecule has 0 atom stereocenters. The maximum absolute atomic E-state index is 11.7. The van der Waals surface area contributed by atoms with Gasteiger partial charge in [-0.1, -0.05) is 0 Å². The van der Waals surface area contributed by atoms with E-state index in [0.29, 0.717) is 22.6 Å². The zero-order chi connectivity index (χ0) is 16.3. The number of benzene rings is 2. The minimum absolute atomic E-state index is 0.0204. The summed E-state index contributed by atoms with van der Waals surface area (Å²) in [6.45, 7) is 0. The van der Waals surface area contributed by atoms with Gasteiger partial charge < -0.3 is 20.3 Å². The maximum atomic E-state index is 11.7. The van der Waals surface area contributed by atoms with Crippen molar-refractivity contribution in [3.05, 3.63) is 47.5 Å². The van der Waals surface area contributed by atoms with E-state index in [0.717, 1.165) is 0 Å². The fourth-order valence-electron chi connectivity index (χ4n) is 2.15. The van der Waals surface area contributed by atoms with Crippen LogP contribution in [0.15, 0.2) is 36.4 Å². The smallest absolute Gasteiger partial charge is 0.336 e. The molecule has 2 rings (SSSR count). The molecule has 1 amide bonds. The van der Waals surface area contributed by atoms with Gasteiger partial charge in [0.15, 0.2) is 0 Å². The number of nitrogens with two attached hydrogens (primary N) is 1. The van der Waals surface area contributed by atoms with E-state index in [1.54, 1.807) is 24.3 Å². The normalized spacial score (nSPS) is 10.1. The molecule has 0 aromatic heterocycles. The van der Waals surface area contributed by atoms with Crippen molar-refractivity contribution in [3.63, 3.8) is 0 Å². The van der Waals surface area contributed by atoms with Gasteiger partial charge in [0.05, 0.1) is 25.3 Å². The van der Waals surface area contributed by atoms with Crippen LogP contribution >= 0.6 is 0 Å². The van der Waals surface area contributed by atoms with Crippen molar-refractivity contribution in [2.24, 2.45) is 5.73 Å². The molecule has 0 saturated heterocycles. The van der Waals surface area contributed by atoms with Crippen LogP contribution < -0.4 is 15.2 Å². The first-order valence-electron chi connectivity index (χ1n) is 6.37. The Morgan fingerprint density at radius 1 is 0.909 bits per heavy atom. The molecule has 0 heterocycles. The lowest BCUT2D eigenvalue weighted by atomic mass is 9.94. The van der Waals surface area contributed by atoms with Crippen LogP contribution in [-0.4, -0.2) is 31.2 Å². The predicted molar refractivity (Wildman–Crippen MR) is 80.5 cm³/mol. The van der Waals surface area contributed by atoms with Gasteiger partial charge in [-0.15, -0.1) is 0 Å². The number of carboxylic acid groups (broad SMARTS) is 1. The third-order valence-electron chi connectivity index (χ3n) is 3.24. The highest BCUT2D eigenvalue weighted by atomic mass is 16.5. The third kappa shape index (κ3) is 2.85. The number of ether oxygens (including phenoxy) is 2. The Hall–Kier alpha value is -3.02. The molecule has 3 N–H and O–H groups in total. The fraction of sp³-hybridized carbons (Fsp3) is 0.125. The molecular weight excluding hydrogens is 286 g/mol. The van der Waals surface area contributed by atoms with E-state index in [1.165, 1.54) is 26.4 Å². The van der Waals surface area contributed by atoms with Crippen LogP contribution in [0.3, 0.4) is 0 Å². The number of primary amides is 1. The number of carbonyl (C=O) groups excluding carboxylic acids is 1. The molecule has 0 radical (unpaired) electrons. The zero-order valence-electron chi connectivity index (χ0n) is 12.1. The Balaban J connectivity index is 2.70. The molecule has 22 heavy (non-hydrogen) atoms. The molecule has 2 aromatic rings. The third-order valence-corrected chi connectivity index (χ3v) is 3.24. The number of amides is 1. The van der Waals surface area contributed by atoms with Gasteiger partial charge in [-0.3, -0.25) is 4.79 Å². The van der Waals surface area contributed by atoms with E-state index in [2.05, 4.69) is 0 Å². The average molecular weight is 301 g/mol. The van der Waals surface area contributed by atoms with Crippen molar-refractivity contribution < 1.29 is 24.2 Å². The number of methoxy groups -OCH3 is 2. The number of hydrogen-bond acceptors (Lipinski definition) is 4. The van der Waals surface area contributed by atoms with E-state index >= 15 is 0 Å². The van der Waals surface area contributed by atoms with Crippen molar-refractivity contribution in [3.8, 4) is 22.6 Å². The second-order valence-corrected chi connectivity index (χ2v) is 4.49. The topological polar surface area (TPSA) is 98.8 Å². The highest BCUT2D eigenvalue weighted by molar-refractivity contribution is 6.04. The van der Waals surface area contributed by atoms with E-state index in [4.69, 9.17) is 15.2 Å². The summed E-state index contributed by atoms with van der Waals surface area (Å²) < 4.78 is 10.1. The Bertz CT molecular complexity index is 676. The van der Waals surface area contributed by atoms with Crippen LogP contribution in [0.2, 0.25) is 0 Å². The van der Waals surface area contributed by atoms with Crippen LogP contribution in [0, 0.1) is 0 Å². The number of carbonyl (C=O) groups is 2. The Kier molecular flexibility index (Phi) is 4.31. The van der Waals surface area contributed by atoms with Gasteiger partial charge in [0.2, 0.25) is 5.91 Å². The van der Waals surface area contributed by atoms with Crippen LogP contribution in [-0.2, 0) is 0 Å². The summed E-state index contributed by atoms with van der Waals surface area (Å²) in [7, 11) is 2.92. The summed E-state index contributed by atoms with van der Waals surface area (Å²) >= 11 is 0. The van der Waals surface area contributed by atoms with Gasteiger partial charge in [0, 0.05) is 0 Å². The number of rotatable bonds is 5. The molecule has 0 unspecified atom stereocenters. The molecular formula is C16H15NO5. The van der Waals surface area contributed by atoms with Crippen LogP contribution in [0.1, 0.15) is 20.7 Å². The lowest BCUT2D eigenvalue weighted by Crippen LogP contribution is -2.13. The number of hydrogen-bond donors (Lipinski definition) is 2. The number of aromatic carboxylic acids is 1. The van der Waals surface area contributed by atoms with Crippen molar-refractivity contribution >= 4 is 11.9 Å². The minimum Gasteiger partial charge on any atom is -0.497 e. The summed E-state index contributed by atoms with van der Waals surface area (Å²) in [6, 6.07) is 9.32. The molecule has 6 nitrogen and oxygen atoms in total. The van der Waals surface area contributed by atoms with Gasteiger partial charge in [-0.25, -0.2) is 4.79 Å². The SMILES string of the molecule is COc1ccc(-c2ccc(OC)cc2C(=O)O)c(C(N)=O)c1. The van der Waals surface area contributed by atoms with Crippen molar-refractivity contribution in [1.29, 1.82) is 0 Å². The summed E-state index contributed by atoms with van der Waals surface area (Å²) in [5.41, 5.74) is 6.40. The van der Waals surface area contributed by atoms with E-state index < -0.39 is 11.9 Å². The summed E-state index contributed by atoms with van der Waals surface area (Å²) in [5, 5.41) is 9.38. The minimum atomic E-state index is -1.12. The largest absolute Gasteiger partial charge is 0.497 e. The van der Waals surface area contributed by atoms with Crippen LogP contribution in [0.4, 0.5) is 0 Å². The Labute approximate surface area is 127 Å². The monoisotopic (exact) mass is 301 g/mol. The van der Waals surface area contributed by atoms with Gasteiger partial charge in [0.25, 0.3) is 0 Å². The first-order valence-corrected chi connectivity index (χ1v) is 6.37. The van der Waals surface area contributed by atoms with Gasteiger partial charge in [0.1, 0.15) is 11.5 Å². The van der Waals surface area contributed by atoms with Gasteiger partial charge in [-0.05, 0) is 47.5 Å². The first-order chi connectivity index (χ1) is 10.5. The van der Waals surface area contributed by atoms with Crippen LogP contribution in [0.5, 0.6) is 11.5 Å². The van der Waals surface area contributed by atoms with Gasteiger partial charge in [-0.2, -0.15) is 0 Å². The average Bonchev–Trinajstić information content (AvgIpc) is 2.53. The maximum Gasteiger partial charge on any atom is 0.336 e. The van der Waals surface area contributed by atoms with Crippen molar-refractivity contribution in [2.75, 3.05) is 14.2 Å². The van der Waals surface area contributed by atoms with Crippen LogP contribution in [0.25, 0.3) is 11.1 Å². The molecule has 0 spiro atoms. The van der Waals surface area contributed by atoms with Gasteiger partial charge >= 0.3 is 5.97 Å². The molecule has 0 aliphatic rings. The Morgan fingerprint density at radius 2 is 1.36 bits per heavy atom. The molecule has 2 aromatic carbocycles. The molecule has 114 valence electrons. The molecule has 0 aliphatic carbocycles. The molecule has 0 fully saturated rings. The van der Waals surface area contributed by atoms with Crippen molar-refractivity contribution in [1.82, 2.24) is 0 Å². The second-order valence-electron chi connectivity index (χ2n) is 4.49. The van der Waals surface area contributed by atoms with E-state index in [9.17, 15) is 14.7 Å². The molecule has 0 saturated carbocycles. The zero-order valence-corrected chi connectivity index (χ0v) is 12.1. The lowest BCUT2D eigenvalue weighted by molar-refractivity contribution is 0.0697. The van der Waals surface area contributed by atoms with E-state index in [-0.39, 0.29) is 11.1 Å². The highest BCUT2D eigenvalue weighted by Gasteiger charge is 2.18. The highest BCUT2D eigenvalue weighted by Crippen LogP contribution is 2.32. The number of carboxylic acids is 1. The quantitative estimate of drug-likeness (QED) is 0.881. The molecule has 0 aliphatic heterocycles. The van der Waals surface area contributed by atoms with Crippen molar-refractivity contribution in [2.45, 2.75) is 0 Å².